The van der Waals surface area contributed by atoms with E-state index in [2.05, 4.69) is 57.3 Å². The Morgan fingerprint density at radius 2 is 1.86 bits per heavy atom. The fraction of sp³-hybridized carbons (Fsp3) is 0.538. The van der Waals surface area contributed by atoms with Crippen LogP contribution in [-0.4, -0.2) is 6.04 Å². The van der Waals surface area contributed by atoms with Crippen molar-refractivity contribution < 1.29 is 0 Å². The van der Waals surface area contributed by atoms with Crippen molar-refractivity contribution >= 4 is 0 Å². The molecule has 0 spiro atoms. The van der Waals surface area contributed by atoms with E-state index >= 15 is 0 Å². The summed E-state index contributed by atoms with van der Waals surface area (Å²) < 4.78 is 0. The lowest BCUT2D eigenvalue weighted by Crippen LogP contribution is -2.28. The highest BCUT2D eigenvalue weighted by molar-refractivity contribution is 5.28. The number of benzene rings is 1. The van der Waals surface area contributed by atoms with Crippen LogP contribution >= 0.6 is 0 Å². The third-order valence-electron chi connectivity index (χ3n) is 2.80. The molecule has 2 atom stereocenters. The Morgan fingerprint density at radius 3 is 2.43 bits per heavy atom. The van der Waals surface area contributed by atoms with Gasteiger partial charge in [0, 0.05) is 12.1 Å². The van der Waals surface area contributed by atoms with E-state index in [4.69, 9.17) is 0 Å². The third-order valence-corrected chi connectivity index (χ3v) is 2.80. The van der Waals surface area contributed by atoms with E-state index in [-0.39, 0.29) is 0 Å². The molecule has 1 aromatic rings. The molecule has 1 nitrogen and oxygen atoms in total. The normalized spacial score (nSPS) is 15.1. The van der Waals surface area contributed by atoms with Crippen LogP contribution in [0.15, 0.2) is 24.3 Å². The van der Waals surface area contributed by atoms with E-state index in [9.17, 15) is 0 Å². The highest BCUT2D eigenvalue weighted by Crippen LogP contribution is 2.17. The van der Waals surface area contributed by atoms with Crippen LogP contribution in [0.2, 0.25) is 0 Å². The molecule has 1 aromatic carbocycles. The van der Waals surface area contributed by atoms with Gasteiger partial charge in [0.05, 0.1) is 0 Å². The van der Waals surface area contributed by atoms with E-state index in [0.29, 0.717) is 12.1 Å². The average Bonchev–Trinajstić information content (AvgIpc) is 2.18. The van der Waals surface area contributed by atoms with Crippen LogP contribution < -0.4 is 5.32 Å². The molecule has 0 radical (unpaired) electrons. The maximum Gasteiger partial charge on any atom is 0.0296 e. The average molecular weight is 191 g/mol. The molecule has 0 aliphatic rings. The molecule has 0 aliphatic heterocycles. The maximum absolute atomic E-state index is 3.59. The maximum atomic E-state index is 3.59. The van der Waals surface area contributed by atoms with Gasteiger partial charge in [0.2, 0.25) is 0 Å². The lowest BCUT2D eigenvalue weighted by Gasteiger charge is -2.20. The predicted molar refractivity (Wildman–Crippen MR) is 62.5 cm³/mol. The van der Waals surface area contributed by atoms with Crippen molar-refractivity contribution in [1.29, 1.82) is 0 Å². The van der Waals surface area contributed by atoms with Crippen molar-refractivity contribution in [2.24, 2.45) is 0 Å². The molecule has 0 saturated carbocycles. The molecule has 0 aromatic heterocycles. The first kappa shape index (κ1) is 11.3. The highest BCUT2D eigenvalue weighted by atomic mass is 14.9. The van der Waals surface area contributed by atoms with Gasteiger partial charge in [-0.25, -0.2) is 0 Å². The van der Waals surface area contributed by atoms with Crippen molar-refractivity contribution in [1.82, 2.24) is 5.32 Å². The number of hydrogen-bond donors (Lipinski definition) is 1. The second-order valence-electron chi connectivity index (χ2n) is 4.05. The summed E-state index contributed by atoms with van der Waals surface area (Å²) in [6.45, 7) is 8.84. The molecule has 0 bridgehead atoms. The second kappa shape index (κ2) is 5.16. The zero-order valence-electron chi connectivity index (χ0n) is 9.67. The monoisotopic (exact) mass is 191 g/mol. The fourth-order valence-corrected chi connectivity index (χ4v) is 1.71. The van der Waals surface area contributed by atoms with Gasteiger partial charge in [-0.15, -0.1) is 0 Å². The molecule has 0 saturated heterocycles. The molecule has 1 heteroatoms. The number of rotatable bonds is 4. The Labute approximate surface area is 87.5 Å². The Bertz CT molecular complexity index is 280. The van der Waals surface area contributed by atoms with Crippen molar-refractivity contribution in [2.75, 3.05) is 0 Å². The van der Waals surface area contributed by atoms with E-state index < -0.39 is 0 Å². The molecule has 0 fully saturated rings. The third kappa shape index (κ3) is 2.85. The van der Waals surface area contributed by atoms with Crippen molar-refractivity contribution in [3.8, 4) is 0 Å². The Morgan fingerprint density at radius 1 is 1.21 bits per heavy atom. The molecule has 0 amide bonds. The summed E-state index contributed by atoms with van der Waals surface area (Å²) >= 11 is 0. The van der Waals surface area contributed by atoms with Gasteiger partial charge in [-0.2, -0.15) is 0 Å². The SMILES string of the molecule is CC[C@@H](C)N[C@H](C)c1ccccc1C. The molecule has 1 N–H and O–H groups in total. The van der Waals surface area contributed by atoms with Crippen LogP contribution in [0.4, 0.5) is 0 Å². The van der Waals surface area contributed by atoms with Gasteiger partial charge in [0.15, 0.2) is 0 Å². The van der Waals surface area contributed by atoms with Crippen LogP contribution in [0.3, 0.4) is 0 Å². The van der Waals surface area contributed by atoms with Crippen molar-refractivity contribution in [3.05, 3.63) is 35.4 Å². The van der Waals surface area contributed by atoms with E-state index in [1.807, 2.05) is 0 Å². The quantitative estimate of drug-likeness (QED) is 0.768. The smallest absolute Gasteiger partial charge is 0.0296 e. The van der Waals surface area contributed by atoms with E-state index in [1.165, 1.54) is 17.5 Å². The Hall–Kier alpha value is -0.820. The minimum Gasteiger partial charge on any atom is -0.308 e. The second-order valence-corrected chi connectivity index (χ2v) is 4.05. The van der Waals surface area contributed by atoms with Crippen LogP contribution in [0.1, 0.15) is 44.4 Å². The van der Waals surface area contributed by atoms with Gasteiger partial charge in [0.1, 0.15) is 0 Å². The van der Waals surface area contributed by atoms with Crippen LogP contribution in [0, 0.1) is 6.92 Å². The summed E-state index contributed by atoms with van der Waals surface area (Å²) in [5.41, 5.74) is 2.78. The number of hydrogen-bond acceptors (Lipinski definition) is 1. The fourth-order valence-electron chi connectivity index (χ4n) is 1.71. The molecule has 78 valence electrons. The molecule has 0 aliphatic carbocycles. The zero-order chi connectivity index (χ0) is 10.6. The molecule has 1 rings (SSSR count). The van der Waals surface area contributed by atoms with Gasteiger partial charge >= 0.3 is 0 Å². The summed E-state index contributed by atoms with van der Waals surface area (Å²) in [5, 5.41) is 3.59. The van der Waals surface area contributed by atoms with Gasteiger partial charge in [-0.05, 0) is 38.3 Å². The largest absolute Gasteiger partial charge is 0.308 e. The standard InChI is InChI=1S/C13H21N/c1-5-11(3)14-12(4)13-9-7-6-8-10(13)2/h6-9,11-12,14H,5H2,1-4H3/t11-,12-/m1/s1. The Balaban J connectivity index is 2.69. The summed E-state index contributed by atoms with van der Waals surface area (Å²) in [5.74, 6) is 0. The Kier molecular flexibility index (Phi) is 4.15. The summed E-state index contributed by atoms with van der Waals surface area (Å²) in [6.07, 6.45) is 1.18. The van der Waals surface area contributed by atoms with Crippen LogP contribution in [-0.2, 0) is 0 Å². The summed E-state index contributed by atoms with van der Waals surface area (Å²) in [6, 6.07) is 9.61. The van der Waals surface area contributed by atoms with Crippen LogP contribution in [0.25, 0.3) is 0 Å². The van der Waals surface area contributed by atoms with Crippen molar-refractivity contribution in [3.63, 3.8) is 0 Å². The predicted octanol–water partition coefficient (Wildman–Crippen LogP) is 3.44. The summed E-state index contributed by atoms with van der Waals surface area (Å²) in [7, 11) is 0. The minimum absolute atomic E-state index is 0.450. The first-order valence-corrected chi connectivity index (χ1v) is 5.46. The topological polar surface area (TPSA) is 12.0 Å². The first-order valence-electron chi connectivity index (χ1n) is 5.46. The van der Waals surface area contributed by atoms with E-state index in [0.717, 1.165) is 0 Å². The molecular weight excluding hydrogens is 170 g/mol. The molecule has 14 heavy (non-hydrogen) atoms. The first-order chi connectivity index (χ1) is 6.65. The van der Waals surface area contributed by atoms with Gasteiger partial charge < -0.3 is 5.32 Å². The molecule has 0 heterocycles. The number of aryl methyl sites for hydroxylation is 1. The number of nitrogens with one attached hydrogen (secondary N) is 1. The lowest BCUT2D eigenvalue weighted by atomic mass is 10.0. The van der Waals surface area contributed by atoms with Gasteiger partial charge in [-0.3, -0.25) is 0 Å². The van der Waals surface area contributed by atoms with Crippen LogP contribution in [0.5, 0.6) is 0 Å². The summed E-state index contributed by atoms with van der Waals surface area (Å²) in [4.78, 5) is 0. The highest BCUT2D eigenvalue weighted by Gasteiger charge is 2.09. The zero-order valence-corrected chi connectivity index (χ0v) is 9.67. The molecule has 0 unspecified atom stereocenters. The minimum atomic E-state index is 0.450. The van der Waals surface area contributed by atoms with Gasteiger partial charge in [0.25, 0.3) is 0 Å². The van der Waals surface area contributed by atoms with Gasteiger partial charge in [-0.1, -0.05) is 31.2 Å². The molecular formula is C13H21N. The van der Waals surface area contributed by atoms with E-state index in [1.54, 1.807) is 0 Å². The van der Waals surface area contributed by atoms with Crippen molar-refractivity contribution in [2.45, 2.75) is 46.2 Å². The lowest BCUT2D eigenvalue weighted by molar-refractivity contribution is 0.468.